The molecule has 2 heterocycles. The molecule has 38 heavy (non-hydrogen) atoms. The predicted octanol–water partition coefficient (Wildman–Crippen LogP) is 1.80. The van der Waals surface area contributed by atoms with Gasteiger partial charge in [-0.1, -0.05) is 25.1 Å². The fourth-order valence-electron chi connectivity index (χ4n) is 3.53. The van der Waals surface area contributed by atoms with E-state index in [0.29, 0.717) is 6.20 Å². The lowest BCUT2D eigenvalue weighted by Crippen LogP contribution is -2.50. The van der Waals surface area contributed by atoms with E-state index in [9.17, 15) is 33.1 Å². The molecule has 1 aromatic heterocycles. The van der Waals surface area contributed by atoms with Gasteiger partial charge in [-0.25, -0.2) is 18.1 Å². The Morgan fingerprint density at radius 3 is 2.63 bits per heavy atom. The predicted molar refractivity (Wildman–Crippen MR) is 130 cm³/mol. The summed E-state index contributed by atoms with van der Waals surface area (Å²) < 4.78 is 80.3. The Labute approximate surface area is 219 Å². The molecular weight excluding hydrogens is 531 g/mol. The largest absolute Gasteiger partial charge is 0.463 e. The van der Waals surface area contributed by atoms with Gasteiger partial charge in [0.1, 0.15) is 24.6 Å². The number of nitrogens with two attached hydrogens (primary N) is 1. The third kappa shape index (κ3) is 6.56. The van der Waals surface area contributed by atoms with Crippen molar-refractivity contribution in [2.24, 2.45) is 5.92 Å². The second-order valence-electron chi connectivity index (χ2n) is 8.94. The third-order valence-electron chi connectivity index (χ3n) is 5.45. The molecule has 6 atom stereocenters. The van der Waals surface area contributed by atoms with Gasteiger partial charge in [-0.15, -0.1) is 0 Å². The van der Waals surface area contributed by atoms with Crippen LogP contribution in [0.1, 0.15) is 29.7 Å². The highest BCUT2D eigenvalue weighted by molar-refractivity contribution is 7.54. The molecule has 0 bridgehead atoms. The molecule has 1 aliphatic heterocycles. The van der Waals surface area contributed by atoms with E-state index in [0.717, 1.165) is 0 Å². The lowest BCUT2D eigenvalue weighted by Gasteiger charge is -2.28. The molecule has 0 spiro atoms. The monoisotopic (exact) mass is 563 g/mol. The van der Waals surface area contributed by atoms with Gasteiger partial charge in [0.25, 0.3) is 0 Å². The molecule has 0 aliphatic carbocycles. The minimum Gasteiger partial charge on any atom is -0.463 e. The van der Waals surface area contributed by atoms with E-state index < -0.39 is 86.3 Å². The van der Waals surface area contributed by atoms with Gasteiger partial charge in [-0.05, 0) is 26.0 Å². The highest BCUT2D eigenvalue weighted by atomic mass is 31.2. The first-order chi connectivity index (χ1) is 18.5. The summed E-state index contributed by atoms with van der Waals surface area (Å²) in [4.78, 5) is 27.9. The molecule has 1 fully saturated rings. The highest BCUT2D eigenvalue weighted by Gasteiger charge is 2.57. The maximum absolute atomic E-state index is 14.1. The van der Waals surface area contributed by atoms with Gasteiger partial charge in [0, 0.05) is 0 Å². The second-order valence-corrected chi connectivity index (χ2v) is 10.9. The van der Waals surface area contributed by atoms with Crippen molar-refractivity contribution in [2.75, 3.05) is 25.1 Å². The van der Waals surface area contributed by atoms with Gasteiger partial charge in [0.05, 0.1) is 33.7 Å². The molecule has 12 nitrogen and oxygen atoms in total. The molecule has 0 amide bonds. The number of para-hydroxylation sites is 1. The van der Waals surface area contributed by atoms with E-state index in [1.807, 2.05) is 0 Å². The van der Waals surface area contributed by atoms with Crippen LogP contribution < -0.4 is 15.9 Å². The highest BCUT2D eigenvalue weighted by Crippen LogP contribution is 2.51. The molecule has 3 rings (SSSR count). The van der Waals surface area contributed by atoms with Crippen LogP contribution in [0.2, 0.25) is 0 Å². The van der Waals surface area contributed by atoms with Crippen LogP contribution >= 0.6 is 7.60 Å². The Kier molecular flexibility index (Phi) is 8.34. The van der Waals surface area contributed by atoms with E-state index in [1.165, 1.54) is 31.2 Å². The van der Waals surface area contributed by atoms with Crippen LogP contribution in [0, 0.1) is 11.7 Å². The Balaban J connectivity index is 1.97. The number of rotatable bonds is 11. The van der Waals surface area contributed by atoms with E-state index in [-0.39, 0.29) is 10.3 Å². The van der Waals surface area contributed by atoms with Crippen LogP contribution in [0.4, 0.5) is 14.6 Å². The van der Waals surface area contributed by atoms with Gasteiger partial charge in [0.2, 0.25) is 0 Å². The summed E-state index contributed by atoms with van der Waals surface area (Å²) in [7, 11) is -4.66. The topological polar surface area (TPSA) is 172 Å². The molecule has 1 aliphatic rings. The second kappa shape index (κ2) is 11.9. The summed E-state index contributed by atoms with van der Waals surface area (Å²) in [6.45, 7) is -0.574. The molecule has 4 N–H and O–H groups in total. The lowest BCUT2D eigenvalue weighted by molar-refractivity contribution is -0.151. The van der Waals surface area contributed by atoms with Crippen molar-refractivity contribution >= 4 is 19.4 Å². The summed E-state index contributed by atoms with van der Waals surface area (Å²) in [6.07, 6.45) is -7.73. The molecule has 1 aromatic carbocycles. The average Bonchev–Trinajstić information content (AvgIpc) is 3.12. The number of aromatic nitrogens is 2. The molecule has 1 unspecified atom stereocenters. The van der Waals surface area contributed by atoms with Gasteiger partial charge >= 0.3 is 19.3 Å². The van der Waals surface area contributed by atoms with Crippen LogP contribution in [0.3, 0.4) is 0 Å². The number of alkyl halides is 1. The van der Waals surface area contributed by atoms with E-state index in [1.54, 1.807) is 19.9 Å². The number of carbonyl (C=O) groups is 1. The first-order valence-corrected chi connectivity index (χ1v) is 13.2. The number of benzene rings is 1. The molecule has 1 saturated heterocycles. The number of hydrogen-bond donors (Lipinski definition) is 3. The Morgan fingerprint density at radius 1 is 1.37 bits per heavy atom. The molecular formula is C23H30F2N3O9P. The number of esters is 1. The smallest absolute Gasteiger partial charge is 0.380 e. The fraction of sp³-hybridized carbons (Fsp3) is 0.522. The van der Waals surface area contributed by atoms with Gasteiger partial charge in [-0.3, -0.25) is 13.9 Å². The minimum absolute atomic E-state index is 0.0212. The Morgan fingerprint density at radius 2 is 2.03 bits per heavy atom. The van der Waals surface area contributed by atoms with E-state index in [2.05, 4.69) is 4.98 Å². The van der Waals surface area contributed by atoms with Crippen molar-refractivity contribution in [1.29, 1.82) is 0 Å². The van der Waals surface area contributed by atoms with E-state index in [4.69, 9.17) is 27.0 Å². The number of anilines is 1. The van der Waals surface area contributed by atoms with Crippen LogP contribution in [-0.2, 0) is 23.4 Å². The van der Waals surface area contributed by atoms with Gasteiger partial charge in [-0.2, -0.15) is 4.98 Å². The Bertz CT molecular complexity index is 1320. The molecule has 210 valence electrons. The summed E-state index contributed by atoms with van der Waals surface area (Å²) in [5, 5.41) is 21.6. The normalized spacial score (nSPS) is 26.8. The quantitative estimate of drug-likeness (QED) is 0.269. The number of carbonyl (C=O) groups excluding carboxylic acids is 1. The van der Waals surface area contributed by atoms with Gasteiger partial charge in [0.15, 0.2) is 23.5 Å². The maximum atomic E-state index is 14.1. The van der Waals surface area contributed by atoms with Crippen LogP contribution in [0.15, 0.2) is 41.3 Å². The van der Waals surface area contributed by atoms with Crippen molar-refractivity contribution in [3.63, 3.8) is 0 Å². The van der Waals surface area contributed by atoms with Crippen molar-refractivity contribution in [1.82, 2.24) is 9.55 Å². The number of halogens is 2. The zero-order valence-electron chi connectivity index (χ0n) is 22.7. The van der Waals surface area contributed by atoms with E-state index >= 15 is 0 Å². The molecule has 0 saturated carbocycles. The summed E-state index contributed by atoms with van der Waals surface area (Å²) >= 11 is 0. The number of aliphatic hydroxyl groups is 2. The summed E-state index contributed by atoms with van der Waals surface area (Å²) in [5.74, 6) is -3.97. The Hall–Kier alpha value is -2.90. The average molecular weight is 563 g/mol. The zero-order chi connectivity index (χ0) is 30.0. The molecule has 0 radical (unpaired) electrons. The number of nitrogen functional groups attached to an aromatic ring is 1. The van der Waals surface area contributed by atoms with Crippen molar-refractivity contribution in [3.05, 3.63) is 52.8 Å². The number of ether oxygens (including phenoxy) is 2. The first-order valence-electron chi connectivity index (χ1n) is 12.4. The van der Waals surface area contributed by atoms with Crippen molar-refractivity contribution in [3.8, 4) is 5.75 Å². The zero-order valence-corrected chi connectivity index (χ0v) is 21.6. The molecule has 15 heteroatoms. The van der Waals surface area contributed by atoms with Crippen molar-refractivity contribution < 1.29 is 49.6 Å². The van der Waals surface area contributed by atoms with Gasteiger partial charge < -0.3 is 29.9 Å². The fourth-order valence-corrected chi connectivity index (χ4v) is 5.25. The standard InChI is InChI=1S/C23H30F2N3O9P/c1-13(2)35-20(30)14(3)11-38(33,37-15-7-5-4-6-8-15)34-10-17-18(29)23(32,12-24)21(36-17)28-9-16(25)19(26)27-22(28)31/h4-9,13-14,17-18,21,29,32H,10-12H2,1-3H3,(H2,26,27,31)/t14-,17-,18+,21-,23?,38-/m1/s1/i10D2. The summed E-state index contributed by atoms with van der Waals surface area (Å²) in [5.41, 5.74) is 0.937. The number of hydrogen-bond acceptors (Lipinski definition) is 11. The van der Waals surface area contributed by atoms with Crippen LogP contribution in [0.25, 0.3) is 0 Å². The first kappa shape index (κ1) is 26.7. The third-order valence-corrected chi connectivity index (χ3v) is 7.32. The summed E-state index contributed by atoms with van der Waals surface area (Å²) in [6, 6.07) is 7.45. The maximum Gasteiger partial charge on any atom is 0.380 e. The molecule has 2 aromatic rings. The number of nitrogens with zero attached hydrogens (tertiary/aromatic N) is 2. The number of aliphatic hydroxyl groups excluding tert-OH is 1. The minimum atomic E-state index is -4.66. The lowest BCUT2D eigenvalue weighted by atomic mass is 9.95. The van der Waals surface area contributed by atoms with Crippen LogP contribution in [0.5, 0.6) is 5.75 Å². The van der Waals surface area contributed by atoms with Crippen LogP contribution in [-0.4, -0.2) is 69.0 Å². The SMILES string of the molecule is [2H]C([2H])(O[P@](=O)(C[C@@H](C)C(=O)OC(C)C)Oc1ccccc1)[C@H]1O[C@@H](n2cc(F)c(N)nc2=O)C(O)(CF)[C@H]1O. The van der Waals surface area contributed by atoms with Crippen molar-refractivity contribution in [2.45, 2.75) is 50.9 Å².